The van der Waals surface area contributed by atoms with E-state index in [9.17, 15) is 0 Å². The Kier molecular flexibility index (Phi) is 4.44. The van der Waals surface area contributed by atoms with E-state index in [1.54, 1.807) is 14.2 Å². The van der Waals surface area contributed by atoms with Crippen LogP contribution in [0.5, 0.6) is 11.5 Å². The minimum Gasteiger partial charge on any atom is -0.493 e. The van der Waals surface area contributed by atoms with Gasteiger partial charge in [0.2, 0.25) is 0 Å². The third-order valence-corrected chi connectivity index (χ3v) is 4.46. The minimum absolute atomic E-state index is 0.190. The maximum atomic E-state index is 5.61. The van der Waals surface area contributed by atoms with Gasteiger partial charge in [0.1, 0.15) is 0 Å². The number of methoxy groups -OCH3 is 2. The highest BCUT2D eigenvalue weighted by Gasteiger charge is 2.25. The van der Waals surface area contributed by atoms with E-state index in [0.717, 1.165) is 24.5 Å². The monoisotopic (exact) mass is 312 g/mol. The molecule has 1 unspecified atom stereocenters. The molecule has 0 aromatic heterocycles. The molecule has 2 aromatic rings. The van der Waals surface area contributed by atoms with E-state index in [1.807, 2.05) is 6.07 Å². The molecule has 23 heavy (non-hydrogen) atoms. The Labute approximate surface area is 138 Å². The number of fused-ring (bicyclic) bond motifs is 1. The summed E-state index contributed by atoms with van der Waals surface area (Å²) in [4.78, 5) is 2.11. The van der Waals surface area contributed by atoms with Crippen molar-refractivity contribution in [3.05, 3.63) is 53.1 Å². The summed E-state index contributed by atoms with van der Waals surface area (Å²) in [7, 11) is 7.50. The normalized spacial score (nSPS) is 16.6. The van der Waals surface area contributed by atoms with Crippen molar-refractivity contribution >= 4 is 5.69 Å². The third-order valence-electron chi connectivity index (χ3n) is 4.46. The average Bonchev–Trinajstić information content (AvgIpc) is 2.60. The molecule has 1 atom stereocenters. The largest absolute Gasteiger partial charge is 0.493 e. The Hall–Kier alpha value is -2.20. The molecule has 0 saturated carbocycles. The fraction of sp³-hybridized carbons (Fsp3) is 0.368. The summed E-state index contributed by atoms with van der Waals surface area (Å²) in [6, 6.07) is 13.0. The van der Waals surface area contributed by atoms with Gasteiger partial charge in [-0.15, -0.1) is 0 Å². The van der Waals surface area contributed by atoms with Crippen LogP contribution in [0.15, 0.2) is 36.4 Å². The van der Waals surface area contributed by atoms with Gasteiger partial charge in [0.05, 0.1) is 20.3 Å². The molecule has 4 nitrogen and oxygen atoms in total. The van der Waals surface area contributed by atoms with Crippen molar-refractivity contribution in [2.24, 2.45) is 0 Å². The van der Waals surface area contributed by atoms with Crippen molar-refractivity contribution in [3.8, 4) is 11.5 Å². The molecule has 1 aliphatic heterocycles. The molecular formula is C19H24N2O2. The van der Waals surface area contributed by atoms with Crippen molar-refractivity contribution in [2.45, 2.75) is 12.5 Å². The highest BCUT2D eigenvalue weighted by molar-refractivity contribution is 5.55. The summed E-state index contributed by atoms with van der Waals surface area (Å²) < 4.78 is 11.0. The molecule has 1 heterocycles. The molecule has 0 bridgehead atoms. The van der Waals surface area contributed by atoms with E-state index in [2.05, 4.69) is 54.6 Å². The highest BCUT2D eigenvalue weighted by Crippen LogP contribution is 2.39. The first-order valence-electron chi connectivity index (χ1n) is 7.90. The predicted molar refractivity (Wildman–Crippen MR) is 93.9 cm³/mol. The zero-order chi connectivity index (χ0) is 16.4. The van der Waals surface area contributed by atoms with Gasteiger partial charge < -0.3 is 19.7 Å². The van der Waals surface area contributed by atoms with Crippen molar-refractivity contribution < 1.29 is 9.47 Å². The molecule has 1 N–H and O–H groups in total. The maximum absolute atomic E-state index is 5.61. The molecule has 122 valence electrons. The SMILES string of the molecule is COc1ccc2c(c1OC)CCNC2c1ccc(N(C)C)cc1. The van der Waals surface area contributed by atoms with Gasteiger partial charge in [-0.2, -0.15) is 0 Å². The molecule has 1 aliphatic rings. The minimum atomic E-state index is 0.190. The third kappa shape index (κ3) is 2.86. The van der Waals surface area contributed by atoms with Gasteiger partial charge in [0, 0.05) is 31.9 Å². The Morgan fingerprint density at radius 2 is 1.74 bits per heavy atom. The number of nitrogens with zero attached hydrogens (tertiary/aromatic N) is 1. The Morgan fingerprint density at radius 1 is 1.00 bits per heavy atom. The molecule has 4 heteroatoms. The fourth-order valence-electron chi connectivity index (χ4n) is 3.25. The summed E-state index contributed by atoms with van der Waals surface area (Å²) in [6.07, 6.45) is 0.946. The van der Waals surface area contributed by atoms with E-state index in [-0.39, 0.29) is 6.04 Å². The molecule has 0 fully saturated rings. The van der Waals surface area contributed by atoms with Gasteiger partial charge in [-0.1, -0.05) is 18.2 Å². The quantitative estimate of drug-likeness (QED) is 0.941. The lowest BCUT2D eigenvalue weighted by atomic mass is 9.89. The molecule has 0 saturated heterocycles. The molecule has 0 amide bonds. The number of anilines is 1. The number of ether oxygens (including phenoxy) is 2. The number of benzene rings is 2. The van der Waals surface area contributed by atoms with Gasteiger partial charge in [-0.05, 0) is 35.7 Å². The van der Waals surface area contributed by atoms with Gasteiger partial charge in [-0.3, -0.25) is 0 Å². The average molecular weight is 312 g/mol. The molecule has 3 rings (SSSR count). The van der Waals surface area contributed by atoms with E-state index in [1.165, 1.54) is 22.4 Å². The van der Waals surface area contributed by atoms with Crippen LogP contribution in [0, 0.1) is 0 Å². The molecular weight excluding hydrogens is 288 g/mol. The Bertz CT molecular complexity index is 681. The van der Waals surface area contributed by atoms with Gasteiger partial charge in [0.15, 0.2) is 11.5 Å². The summed E-state index contributed by atoms with van der Waals surface area (Å²) in [5.41, 5.74) is 4.99. The van der Waals surface area contributed by atoms with Crippen LogP contribution in [0.2, 0.25) is 0 Å². The number of rotatable bonds is 4. The van der Waals surface area contributed by atoms with Crippen LogP contribution in [-0.4, -0.2) is 34.9 Å². The van der Waals surface area contributed by atoms with Crippen LogP contribution in [0.25, 0.3) is 0 Å². The van der Waals surface area contributed by atoms with Crippen molar-refractivity contribution in [1.29, 1.82) is 0 Å². The lowest BCUT2D eigenvalue weighted by Crippen LogP contribution is -2.31. The van der Waals surface area contributed by atoms with Gasteiger partial charge >= 0.3 is 0 Å². The van der Waals surface area contributed by atoms with Crippen molar-refractivity contribution in [2.75, 3.05) is 39.8 Å². The van der Waals surface area contributed by atoms with E-state index < -0.39 is 0 Å². The van der Waals surface area contributed by atoms with Crippen LogP contribution >= 0.6 is 0 Å². The predicted octanol–water partition coefficient (Wildman–Crippen LogP) is 3.00. The summed E-state index contributed by atoms with van der Waals surface area (Å²) in [5.74, 6) is 1.66. The van der Waals surface area contributed by atoms with Crippen molar-refractivity contribution in [1.82, 2.24) is 5.32 Å². The summed E-state index contributed by atoms with van der Waals surface area (Å²) in [5, 5.41) is 3.62. The smallest absolute Gasteiger partial charge is 0.164 e. The summed E-state index contributed by atoms with van der Waals surface area (Å²) >= 11 is 0. The lowest BCUT2D eigenvalue weighted by molar-refractivity contribution is 0.348. The van der Waals surface area contributed by atoms with Crippen LogP contribution in [0.1, 0.15) is 22.7 Å². The molecule has 0 radical (unpaired) electrons. The van der Waals surface area contributed by atoms with Crippen LogP contribution < -0.4 is 19.7 Å². The standard InChI is InChI=1S/C19H24N2O2/c1-21(2)14-7-5-13(6-8-14)18-15-9-10-17(22-3)19(23-4)16(15)11-12-20-18/h5-10,18,20H,11-12H2,1-4H3. The number of nitrogens with one attached hydrogen (secondary N) is 1. The summed E-state index contributed by atoms with van der Waals surface area (Å²) in [6.45, 7) is 0.927. The maximum Gasteiger partial charge on any atom is 0.164 e. The molecule has 0 aliphatic carbocycles. The first kappa shape index (κ1) is 15.7. The Balaban J connectivity index is 2.01. The Morgan fingerprint density at radius 3 is 2.35 bits per heavy atom. The number of hydrogen-bond donors (Lipinski definition) is 1. The van der Waals surface area contributed by atoms with Crippen LogP contribution in [0.3, 0.4) is 0 Å². The second-order valence-corrected chi connectivity index (χ2v) is 5.99. The topological polar surface area (TPSA) is 33.7 Å². The zero-order valence-corrected chi connectivity index (χ0v) is 14.2. The highest BCUT2D eigenvalue weighted by atomic mass is 16.5. The lowest BCUT2D eigenvalue weighted by Gasteiger charge is -2.29. The van der Waals surface area contributed by atoms with Gasteiger partial charge in [0.25, 0.3) is 0 Å². The van der Waals surface area contributed by atoms with Crippen LogP contribution in [0.4, 0.5) is 5.69 Å². The van der Waals surface area contributed by atoms with Crippen LogP contribution in [-0.2, 0) is 6.42 Å². The first-order valence-corrected chi connectivity index (χ1v) is 7.90. The van der Waals surface area contributed by atoms with Gasteiger partial charge in [-0.25, -0.2) is 0 Å². The van der Waals surface area contributed by atoms with Crippen molar-refractivity contribution in [3.63, 3.8) is 0 Å². The zero-order valence-electron chi connectivity index (χ0n) is 14.2. The molecule has 0 spiro atoms. The van der Waals surface area contributed by atoms with E-state index in [0.29, 0.717) is 0 Å². The number of hydrogen-bond acceptors (Lipinski definition) is 4. The first-order chi connectivity index (χ1) is 11.2. The fourth-order valence-corrected chi connectivity index (χ4v) is 3.25. The molecule has 2 aromatic carbocycles. The second kappa shape index (κ2) is 6.50. The van der Waals surface area contributed by atoms with E-state index in [4.69, 9.17) is 9.47 Å². The van der Waals surface area contributed by atoms with E-state index >= 15 is 0 Å². The second-order valence-electron chi connectivity index (χ2n) is 5.99.